The zero-order valence-corrected chi connectivity index (χ0v) is 11.8. The number of hydrogen-bond donors (Lipinski definition) is 0. The van der Waals surface area contributed by atoms with Crippen LogP contribution in [0.2, 0.25) is 0 Å². The maximum Gasteiger partial charge on any atom is 0.161 e. The summed E-state index contributed by atoms with van der Waals surface area (Å²) < 4.78 is 13.3. The highest BCUT2D eigenvalue weighted by Gasteiger charge is 2.14. The van der Waals surface area contributed by atoms with Gasteiger partial charge in [0.05, 0.1) is 25.7 Å². The molecule has 3 rings (SSSR count). The van der Waals surface area contributed by atoms with Crippen molar-refractivity contribution < 1.29 is 9.47 Å². The molecule has 1 aliphatic rings. The fraction of sp³-hybridized carbons (Fsp3) is 0.438. The molecule has 1 aliphatic carbocycles. The van der Waals surface area contributed by atoms with E-state index in [1.165, 1.54) is 24.2 Å². The molecule has 1 heterocycles. The number of ether oxygens (including phenoxy) is 2. The normalized spacial score (nSPS) is 13.8. The molecule has 0 N–H and O–H groups in total. The summed E-state index contributed by atoms with van der Waals surface area (Å²) in [6, 6.07) is 7.74. The van der Waals surface area contributed by atoms with Crippen LogP contribution in [0.1, 0.15) is 24.2 Å². The fourth-order valence-electron chi connectivity index (χ4n) is 2.72. The summed E-state index contributed by atoms with van der Waals surface area (Å²) in [4.78, 5) is 4.50. The second-order valence-electron chi connectivity index (χ2n) is 5.04. The molecule has 4 heteroatoms. The largest absolute Gasteiger partial charge is 0.493 e. The van der Waals surface area contributed by atoms with Crippen LogP contribution in [0, 0.1) is 0 Å². The van der Waals surface area contributed by atoms with Crippen LogP contribution in [0.25, 0.3) is 0 Å². The molecule has 4 nitrogen and oxygen atoms in total. The van der Waals surface area contributed by atoms with E-state index in [4.69, 9.17) is 9.47 Å². The van der Waals surface area contributed by atoms with Gasteiger partial charge in [0.2, 0.25) is 0 Å². The highest BCUT2D eigenvalue weighted by atomic mass is 16.5. The van der Waals surface area contributed by atoms with Crippen LogP contribution in [-0.4, -0.2) is 23.3 Å². The number of para-hydroxylation sites is 2. The lowest BCUT2D eigenvalue weighted by atomic mass is 10.0. The van der Waals surface area contributed by atoms with Gasteiger partial charge in [0.15, 0.2) is 11.5 Å². The van der Waals surface area contributed by atoms with Crippen molar-refractivity contribution in [2.75, 3.05) is 13.7 Å². The van der Waals surface area contributed by atoms with Crippen LogP contribution in [0.5, 0.6) is 11.5 Å². The van der Waals surface area contributed by atoms with E-state index >= 15 is 0 Å². The first kappa shape index (κ1) is 13.0. The van der Waals surface area contributed by atoms with Gasteiger partial charge in [-0.05, 0) is 37.8 Å². The second-order valence-corrected chi connectivity index (χ2v) is 5.04. The van der Waals surface area contributed by atoms with Gasteiger partial charge in [-0.15, -0.1) is 0 Å². The molecular formula is C16H20N2O2. The highest BCUT2D eigenvalue weighted by molar-refractivity contribution is 5.39. The van der Waals surface area contributed by atoms with Crippen LogP contribution in [0.4, 0.5) is 0 Å². The Morgan fingerprint density at radius 2 is 1.95 bits per heavy atom. The number of aryl methyl sites for hydroxylation is 1. The van der Waals surface area contributed by atoms with Crippen molar-refractivity contribution in [1.29, 1.82) is 0 Å². The Hall–Kier alpha value is -1.97. The van der Waals surface area contributed by atoms with Crippen molar-refractivity contribution in [2.24, 2.45) is 0 Å². The number of benzene rings is 1. The third-order valence-corrected chi connectivity index (χ3v) is 3.77. The minimum absolute atomic E-state index is 0.628. The number of rotatable bonds is 5. The Kier molecular flexibility index (Phi) is 3.90. The topological polar surface area (TPSA) is 36.3 Å². The van der Waals surface area contributed by atoms with Gasteiger partial charge < -0.3 is 14.0 Å². The van der Waals surface area contributed by atoms with Crippen LogP contribution < -0.4 is 9.47 Å². The molecule has 0 amide bonds. The van der Waals surface area contributed by atoms with Crippen LogP contribution in [-0.2, 0) is 19.4 Å². The zero-order valence-electron chi connectivity index (χ0n) is 11.8. The minimum Gasteiger partial charge on any atom is -0.493 e. The van der Waals surface area contributed by atoms with Crippen molar-refractivity contribution >= 4 is 0 Å². The Balaban J connectivity index is 1.61. The van der Waals surface area contributed by atoms with Crippen molar-refractivity contribution in [3.63, 3.8) is 0 Å². The van der Waals surface area contributed by atoms with Gasteiger partial charge in [-0.25, -0.2) is 4.98 Å². The lowest BCUT2D eigenvalue weighted by Gasteiger charge is -2.15. The average molecular weight is 272 g/mol. The number of methoxy groups -OCH3 is 1. The first-order valence-corrected chi connectivity index (χ1v) is 7.17. The Morgan fingerprint density at radius 3 is 2.80 bits per heavy atom. The minimum atomic E-state index is 0.628. The third-order valence-electron chi connectivity index (χ3n) is 3.77. The van der Waals surface area contributed by atoms with E-state index in [1.54, 1.807) is 7.11 Å². The Morgan fingerprint density at radius 1 is 1.15 bits per heavy atom. The average Bonchev–Trinajstić information content (AvgIpc) is 2.91. The molecule has 0 fully saturated rings. The van der Waals surface area contributed by atoms with E-state index in [2.05, 4.69) is 9.55 Å². The van der Waals surface area contributed by atoms with Gasteiger partial charge >= 0.3 is 0 Å². The number of fused-ring (bicyclic) bond motifs is 1. The molecule has 0 saturated heterocycles. The standard InChI is InChI=1S/C16H20N2O2/c1-19-15-8-4-5-9-16(15)20-11-10-18-12-17-13-6-2-3-7-14(13)18/h4-5,8-9,12H,2-3,6-7,10-11H2,1H3. The van der Waals surface area contributed by atoms with E-state index in [1.807, 2.05) is 30.6 Å². The molecule has 0 aliphatic heterocycles. The summed E-state index contributed by atoms with van der Waals surface area (Å²) in [5, 5.41) is 0. The Bertz CT molecular complexity index is 578. The summed E-state index contributed by atoms with van der Waals surface area (Å²) >= 11 is 0. The van der Waals surface area contributed by atoms with Gasteiger partial charge in [-0.3, -0.25) is 0 Å². The number of hydrogen-bond acceptors (Lipinski definition) is 3. The summed E-state index contributed by atoms with van der Waals surface area (Å²) in [6.45, 7) is 1.46. The second kappa shape index (κ2) is 5.99. The van der Waals surface area contributed by atoms with Gasteiger partial charge in [0.25, 0.3) is 0 Å². The highest BCUT2D eigenvalue weighted by Crippen LogP contribution is 2.26. The monoisotopic (exact) mass is 272 g/mol. The lowest BCUT2D eigenvalue weighted by Crippen LogP contribution is -2.13. The van der Waals surface area contributed by atoms with E-state index in [0.717, 1.165) is 30.9 Å². The SMILES string of the molecule is COc1ccccc1OCCn1cnc2c1CCCC2. The molecule has 0 atom stereocenters. The van der Waals surface area contributed by atoms with Gasteiger partial charge in [-0.1, -0.05) is 12.1 Å². The van der Waals surface area contributed by atoms with Gasteiger partial charge in [-0.2, -0.15) is 0 Å². The first-order chi connectivity index (χ1) is 9.88. The summed E-state index contributed by atoms with van der Waals surface area (Å²) in [5.41, 5.74) is 2.66. The quantitative estimate of drug-likeness (QED) is 0.839. The van der Waals surface area contributed by atoms with Crippen LogP contribution in [0.3, 0.4) is 0 Å². The maximum absolute atomic E-state index is 5.82. The van der Waals surface area contributed by atoms with E-state index in [9.17, 15) is 0 Å². The van der Waals surface area contributed by atoms with E-state index in [-0.39, 0.29) is 0 Å². The van der Waals surface area contributed by atoms with Gasteiger partial charge in [0.1, 0.15) is 6.61 Å². The molecule has 20 heavy (non-hydrogen) atoms. The number of aromatic nitrogens is 2. The first-order valence-electron chi connectivity index (χ1n) is 7.17. The van der Waals surface area contributed by atoms with Crippen molar-refractivity contribution in [3.05, 3.63) is 42.0 Å². The summed E-state index contributed by atoms with van der Waals surface area (Å²) in [6.07, 6.45) is 6.75. The smallest absolute Gasteiger partial charge is 0.161 e. The number of imidazole rings is 1. The summed E-state index contributed by atoms with van der Waals surface area (Å²) in [5.74, 6) is 1.57. The predicted molar refractivity (Wildman–Crippen MR) is 77.4 cm³/mol. The van der Waals surface area contributed by atoms with Crippen molar-refractivity contribution in [1.82, 2.24) is 9.55 Å². The maximum atomic E-state index is 5.82. The predicted octanol–water partition coefficient (Wildman–Crippen LogP) is 2.85. The number of nitrogens with zero attached hydrogens (tertiary/aromatic N) is 2. The molecule has 0 bridgehead atoms. The lowest BCUT2D eigenvalue weighted by molar-refractivity contribution is 0.278. The van der Waals surface area contributed by atoms with Crippen molar-refractivity contribution in [3.8, 4) is 11.5 Å². The Labute approximate surface area is 119 Å². The molecule has 106 valence electrons. The molecule has 1 aromatic carbocycles. The zero-order chi connectivity index (χ0) is 13.8. The molecule has 2 aromatic rings. The third kappa shape index (κ3) is 2.64. The van der Waals surface area contributed by atoms with Gasteiger partial charge in [0, 0.05) is 5.69 Å². The summed E-state index contributed by atoms with van der Waals surface area (Å²) in [7, 11) is 1.66. The molecule has 0 saturated carbocycles. The fourth-order valence-corrected chi connectivity index (χ4v) is 2.72. The van der Waals surface area contributed by atoms with E-state index < -0.39 is 0 Å². The molecule has 0 unspecified atom stereocenters. The molecular weight excluding hydrogens is 252 g/mol. The van der Waals surface area contributed by atoms with Crippen LogP contribution in [0.15, 0.2) is 30.6 Å². The van der Waals surface area contributed by atoms with Crippen molar-refractivity contribution in [2.45, 2.75) is 32.2 Å². The van der Waals surface area contributed by atoms with E-state index in [0.29, 0.717) is 6.61 Å². The molecule has 1 aromatic heterocycles. The molecule has 0 spiro atoms. The van der Waals surface area contributed by atoms with Crippen LogP contribution >= 0.6 is 0 Å². The molecule has 0 radical (unpaired) electrons.